The first-order chi connectivity index (χ1) is 19.0. The SMILES string of the molecule is COCC(=O)N1C(C(=O)N2CCNCC2)C(c2ccc(C#N)cc2)C(C(=O)c2cccs2)C1c1ccccc1. The van der Waals surface area contributed by atoms with E-state index < -0.39 is 23.9 Å². The summed E-state index contributed by atoms with van der Waals surface area (Å²) in [5.41, 5.74) is 2.01. The molecular formula is C30H30N4O4S. The van der Waals surface area contributed by atoms with E-state index in [2.05, 4.69) is 11.4 Å². The molecule has 1 aromatic heterocycles. The highest BCUT2D eigenvalue weighted by Gasteiger charge is 2.58. The van der Waals surface area contributed by atoms with Crippen LogP contribution in [0.15, 0.2) is 72.1 Å². The molecule has 5 rings (SSSR count). The number of hydrogen-bond acceptors (Lipinski definition) is 7. The summed E-state index contributed by atoms with van der Waals surface area (Å²) < 4.78 is 5.27. The quantitative estimate of drug-likeness (QED) is 0.460. The van der Waals surface area contributed by atoms with E-state index in [1.54, 1.807) is 28.0 Å². The summed E-state index contributed by atoms with van der Waals surface area (Å²) in [7, 11) is 1.45. The normalized spacial score (nSPS) is 22.9. The molecule has 0 saturated carbocycles. The van der Waals surface area contributed by atoms with Crippen molar-refractivity contribution in [2.45, 2.75) is 18.0 Å². The van der Waals surface area contributed by atoms with Crippen LogP contribution in [0.1, 0.15) is 38.3 Å². The van der Waals surface area contributed by atoms with Crippen LogP contribution in [0.2, 0.25) is 0 Å². The number of rotatable bonds is 7. The number of nitriles is 1. The first-order valence-corrected chi connectivity index (χ1v) is 13.9. The average Bonchev–Trinajstić information content (AvgIpc) is 3.65. The second-order valence-corrected chi connectivity index (χ2v) is 10.7. The minimum Gasteiger partial charge on any atom is -0.375 e. The fraction of sp³-hybridized carbons (Fsp3) is 0.333. The molecule has 4 unspecified atom stereocenters. The van der Waals surface area contributed by atoms with Crippen LogP contribution in [0.5, 0.6) is 0 Å². The Balaban J connectivity index is 1.73. The molecule has 0 radical (unpaired) electrons. The number of nitrogens with zero attached hydrogens (tertiary/aromatic N) is 3. The van der Waals surface area contributed by atoms with Gasteiger partial charge in [-0.05, 0) is 34.7 Å². The zero-order valence-electron chi connectivity index (χ0n) is 21.7. The summed E-state index contributed by atoms with van der Waals surface area (Å²) in [5.74, 6) is -1.99. The maximum atomic E-state index is 14.4. The highest BCUT2D eigenvalue weighted by Crippen LogP contribution is 2.52. The number of thiophene rings is 1. The van der Waals surface area contributed by atoms with Crippen molar-refractivity contribution < 1.29 is 19.1 Å². The molecule has 2 amide bonds. The lowest BCUT2D eigenvalue weighted by atomic mass is 9.77. The van der Waals surface area contributed by atoms with Crippen LogP contribution in [-0.4, -0.2) is 73.3 Å². The van der Waals surface area contributed by atoms with Crippen LogP contribution >= 0.6 is 11.3 Å². The molecular weight excluding hydrogens is 512 g/mol. The monoisotopic (exact) mass is 542 g/mol. The van der Waals surface area contributed by atoms with E-state index in [0.29, 0.717) is 36.6 Å². The first kappa shape index (κ1) is 26.8. The fourth-order valence-electron chi connectivity index (χ4n) is 5.84. The highest BCUT2D eigenvalue weighted by molar-refractivity contribution is 7.12. The van der Waals surface area contributed by atoms with Crippen LogP contribution in [0, 0.1) is 17.2 Å². The molecule has 0 aliphatic carbocycles. The molecule has 9 heteroatoms. The number of benzene rings is 2. The van der Waals surface area contributed by atoms with Crippen molar-refractivity contribution in [2.24, 2.45) is 5.92 Å². The van der Waals surface area contributed by atoms with E-state index >= 15 is 0 Å². The zero-order chi connectivity index (χ0) is 27.4. The number of ether oxygens (including phenoxy) is 1. The highest BCUT2D eigenvalue weighted by atomic mass is 32.1. The van der Waals surface area contributed by atoms with Gasteiger partial charge in [-0.3, -0.25) is 14.4 Å². The Bertz CT molecular complexity index is 1350. The van der Waals surface area contributed by atoms with Gasteiger partial charge < -0.3 is 19.9 Å². The van der Waals surface area contributed by atoms with Crippen LogP contribution in [0.25, 0.3) is 0 Å². The number of carbonyl (C=O) groups is 3. The third-order valence-electron chi connectivity index (χ3n) is 7.54. The molecule has 2 aliphatic rings. The zero-order valence-corrected chi connectivity index (χ0v) is 22.5. The van der Waals surface area contributed by atoms with Gasteiger partial charge in [0.15, 0.2) is 5.78 Å². The molecule has 8 nitrogen and oxygen atoms in total. The summed E-state index contributed by atoms with van der Waals surface area (Å²) in [6.07, 6.45) is 0. The number of carbonyl (C=O) groups excluding carboxylic acids is 3. The van der Waals surface area contributed by atoms with Crippen LogP contribution in [0.3, 0.4) is 0 Å². The van der Waals surface area contributed by atoms with Crippen LogP contribution < -0.4 is 5.32 Å². The summed E-state index contributed by atoms with van der Waals surface area (Å²) in [4.78, 5) is 46.5. The smallest absolute Gasteiger partial charge is 0.249 e. The number of Topliss-reactive ketones (excluding diaryl/α,β-unsaturated/α-hetero) is 1. The van der Waals surface area contributed by atoms with Crippen LogP contribution in [0.4, 0.5) is 0 Å². The summed E-state index contributed by atoms with van der Waals surface area (Å²) in [6.45, 7) is 2.13. The van der Waals surface area contributed by atoms with Gasteiger partial charge in [0, 0.05) is 39.2 Å². The Morgan fingerprint density at radius 3 is 2.33 bits per heavy atom. The molecule has 200 valence electrons. The topological polar surface area (TPSA) is 103 Å². The van der Waals surface area contributed by atoms with E-state index in [1.165, 1.54) is 18.4 Å². The molecule has 3 aromatic rings. The van der Waals surface area contributed by atoms with Gasteiger partial charge >= 0.3 is 0 Å². The van der Waals surface area contributed by atoms with Crippen molar-refractivity contribution in [3.05, 3.63) is 93.7 Å². The van der Waals surface area contributed by atoms with Gasteiger partial charge in [-0.1, -0.05) is 48.5 Å². The molecule has 2 aromatic carbocycles. The van der Waals surface area contributed by atoms with Gasteiger partial charge in [0.05, 0.1) is 28.5 Å². The molecule has 2 aliphatic heterocycles. The predicted molar refractivity (Wildman–Crippen MR) is 147 cm³/mol. The Kier molecular flexibility index (Phi) is 8.17. The van der Waals surface area contributed by atoms with E-state index in [0.717, 1.165) is 11.1 Å². The second-order valence-electron chi connectivity index (χ2n) is 9.74. The Hall–Kier alpha value is -3.84. The maximum Gasteiger partial charge on any atom is 0.249 e. The lowest BCUT2D eigenvalue weighted by Gasteiger charge is -2.36. The number of piperazine rings is 1. The number of amides is 2. The fourth-order valence-corrected chi connectivity index (χ4v) is 6.56. The largest absolute Gasteiger partial charge is 0.375 e. The molecule has 1 N–H and O–H groups in total. The molecule has 2 saturated heterocycles. The molecule has 3 heterocycles. The second kappa shape index (κ2) is 11.9. The van der Waals surface area contributed by atoms with Crippen molar-refractivity contribution in [3.8, 4) is 6.07 Å². The van der Waals surface area contributed by atoms with Gasteiger partial charge in [-0.25, -0.2) is 0 Å². The minimum atomic E-state index is -0.919. The van der Waals surface area contributed by atoms with Crippen molar-refractivity contribution in [1.29, 1.82) is 5.26 Å². The maximum absolute atomic E-state index is 14.4. The molecule has 39 heavy (non-hydrogen) atoms. The van der Waals surface area contributed by atoms with E-state index in [1.807, 2.05) is 53.9 Å². The van der Waals surface area contributed by atoms with Crippen LogP contribution in [-0.2, 0) is 14.3 Å². The lowest BCUT2D eigenvalue weighted by Crippen LogP contribution is -2.55. The first-order valence-electron chi connectivity index (χ1n) is 13.0. The molecule has 2 fully saturated rings. The van der Waals surface area contributed by atoms with Gasteiger partial charge in [0.25, 0.3) is 0 Å². The number of likely N-dealkylation sites (tertiary alicyclic amines) is 1. The standard InChI is InChI=1S/C30H30N4O4S/c1-38-19-24(35)34-27(22-6-3-2-4-7-22)26(29(36)23-8-5-17-39-23)25(21-11-9-20(18-31)10-12-21)28(34)30(37)33-15-13-32-14-16-33/h2-12,17,25-28,32H,13-16,19H2,1H3. The number of hydrogen-bond donors (Lipinski definition) is 1. The Morgan fingerprint density at radius 1 is 1.00 bits per heavy atom. The van der Waals surface area contributed by atoms with E-state index in [4.69, 9.17) is 4.74 Å². The third-order valence-corrected chi connectivity index (χ3v) is 8.42. The number of methoxy groups -OCH3 is 1. The van der Waals surface area contributed by atoms with Gasteiger partial charge in [0.2, 0.25) is 11.8 Å². The number of ketones is 1. The summed E-state index contributed by atoms with van der Waals surface area (Å²) in [6, 6.07) is 20.6. The average molecular weight is 543 g/mol. The van der Waals surface area contributed by atoms with Gasteiger partial charge in [-0.2, -0.15) is 5.26 Å². The predicted octanol–water partition coefficient (Wildman–Crippen LogP) is 3.23. The van der Waals surface area contributed by atoms with E-state index in [9.17, 15) is 19.6 Å². The summed E-state index contributed by atoms with van der Waals surface area (Å²) >= 11 is 1.35. The van der Waals surface area contributed by atoms with Gasteiger partial charge in [0.1, 0.15) is 12.6 Å². The van der Waals surface area contributed by atoms with Gasteiger partial charge in [-0.15, -0.1) is 11.3 Å². The summed E-state index contributed by atoms with van der Waals surface area (Å²) in [5, 5.41) is 14.5. The Labute approximate surface area is 231 Å². The third kappa shape index (κ3) is 5.23. The molecule has 0 spiro atoms. The Morgan fingerprint density at radius 2 is 1.72 bits per heavy atom. The molecule has 4 atom stereocenters. The van der Waals surface area contributed by atoms with E-state index in [-0.39, 0.29) is 24.2 Å². The minimum absolute atomic E-state index is 0.112. The van der Waals surface area contributed by atoms with Crippen molar-refractivity contribution in [2.75, 3.05) is 39.9 Å². The lowest BCUT2D eigenvalue weighted by molar-refractivity contribution is -0.148. The molecule has 0 bridgehead atoms. The number of nitrogens with one attached hydrogen (secondary N) is 1. The van der Waals surface area contributed by atoms with Crippen molar-refractivity contribution in [3.63, 3.8) is 0 Å². The van der Waals surface area contributed by atoms with Crippen molar-refractivity contribution in [1.82, 2.24) is 15.1 Å². The van der Waals surface area contributed by atoms with Crippen molar-refractivity contribution >= 4 is 28.9 Å².